The predicted molar refractivity (Wildman–Crippen MR) is 70.1 cm³/mol. The average Bonchev–Trinajstić information content (AvgIpc) is 2.33. The van der Waals surface area contributed by atoms with Crippen LogP contribution in [0.2, 0.25) is 0 Å². The van der Waals surface area contributed by atoms with Crippen molar-refractivity contribution >= 4 is 0 Å². The molecule has 0 spiro atoms. The van der Waals surface area contributed by atoms with Gasteiger partial charge < -0.3 is 4.74 Å². The van der Waals surface area contributed by atoms with Crippen LogP contribution in [0.3, 0.4) is 0 Å². The van der Waals surface area contributed by atoms with Crippen LogP contribution in [-0.4, -0.2) is 6.10 Å². The van der Waals surface area contributed by atoms with E-state index in [-0.39, 0.29) is 0 Å². The average molecular weight is 260 g/mol. The summed E-state index contributed by atoms with van der Waals surface area (Å²) < 4.78 is 32.2. The fraction of sp³-hybridized carbons (Fsp3) is 0.250. The van der Waals surface area contributed by atoms with Crippen LogP contribution >= 0.6 is 0 Å². The summed E-state index contributed by atoms with van der Waals surface area (Å²) in [6.45, 7) is 0. The first-order valence-electron chi connectivity index (χ1n) is 6.44. The maximum Gasteiger partial charge on any atom is 0.126 e. The van der Waals surface area contributed by atoms with Crippen LogP contribution < -0.4 is 4.74 Å². The molecule has 0 amide bonds. The van der Waals surface area contributed by atoms with Crippen molar-refractivity contribution in [1.29, 1.82) is 0 Å². The Bertz CT molecular complexity index is 571. The second-order valence-corrected chi connectivity index (χ2v) is 4.86. The quantitative estimate of drug-likeness (QED) is 0.785. The Morgan fingerprint density at radius 3 is 2.26 bits per heavy atom. The van der Waals surface area contributed by atoms with Gasteiger partial charge >= 0.3 is 0 Å². The van der Waals surface area contributed by atoms with Gasteiger partial charge in [0.1, 0.15) is 17.4 Å². The van der Waals surface area contributed by atoms with Gasteiger partial charge in [0.2, 0.25) is 0 Å². The van der Waals surface area contributed by atoms with Gasteiger partial charge in [-0.2, -0.15) is 0 Å². The summed E-state index contributed by atoms with van der Waals surface area (Å²) in [7, 11) is 0. The molecule has 3 rings (SSSR count). The van der Waals surface area contributed by atoms with E-state index in [9.17, 15) is 8.78 Å². The van der Waals surface area contributed by atoms with Gasteiger partial charge in [0.15, 0.2) is 0 Å². The Morgan fingerprint density at radius 1 is 0.895 bits per heavy atom. The number of rotatable bonds is 3. The van der Waals surface area contributed by atoms with Crippen LogP contribution in [0.1, 0.15) is 19.3 Å². The summed E-state index contributed by atoms with van der Waals surface area (Å²) in [6.07, 6.45) is 3.66. The zero-order valence-electron chi connectivity index (χ0n) is 10.4. The van der Waals surface area contributed by atoms with Crippen LogP contribution in [0, 0.1) is 11.6 Å². The Morgan fingerprint density at radius 2 is 1.63 bits per heavy atom. The molecule has 1 saturated carbocycles. The summed E-state index contributed by atoms with van der Waals surface area (Å²) in [5.41, 5.74) is 1.28. The molecule has 1 aliphatic carbocycles. The highest BCUT2D eigenvalue weighted by molar-refractivity contribution is 5.65. The highest BCUT2D eigenvalue weighted by Gasteiger charge is 2.19. The maximum atomic E-state index is 13.2. The molecule has 1 aliphatic rings. The lowest BCUT2D eigenvalue weighted by Gasteiger charge is -2.26. The van der Waals surface area contributed by atoms with Crippen molar-refractivity contribution in [2.75, 3.05) is 0 Å². The van der Waals surface area contributed by atoms with E-state index in [4.69, 9.17) is 4.74 Å². The highest BCUT2D eigenvalue weighted by Crippen LogP contribution is 2.29. The summed E-state index contributed by atoms with van der Waals surface area (Å²) >= 11 is 0. The molecular formula is C16H14F2O. The third-order valence-corrected chi connectivity index (χ3v) is 3.38. The van der Waals surface area contributed by atoms with E-state index in [1.54, 1.807) is 0 Å². The summed E-state index contributed by atoms with van der Waals surface area (Å²) in [5, 5.41) is 0. The molecule has 0 N–H and O–H groups in total. The predicted octanol–water partition coefficient (Wildman–Crippen LogP) is 4.56. The SMILES string of the molecule is Fc1cc(F)cc(-c2cccc(OC3CCC3)c2)c1. The minimum atomic E-state index is -0.569. The van der Waals surface area contributed by atoms with E-state index in [0.29, 0.717) is 11.7 Å². The first-order chi connectivity index (χ1) is 9.20. The van der Waals surface area contributed by atoms with Gasteiger partial charge in [-0.1, -0.05) is 12.1 Å². The van der Waals surface area contributed by atoms with E-state index in [0.717, 1.165) is 30.2 Å². The maximum absolute atomic E-state index is 13.2. The number of benzene rings is 2. The van der Waals surface area contributed by atoms with Gasteiger partial charge in [0.05, 0.1) is 6.10 Å². The molecule has 3 heteroatoms. The van der Waals surface area contributed by atoms with Crippen LogP contribution in [0.15, 0.2) is 42.5 Å². The number of halogens is 2. The fourth-order valence-corrected chi connectivity index (χ4v) is 2.15. The van der Waals surface area contributed by atoms with E-state index in [1.807, 2.05) is 24.3 Å². The molecule has 0 aromatic heterocycles. The molecule has 2 aromatic rings. The van der Waals surface area contributed by atoms with Crippen molar-refractivity contribution < 1.29 is 13.5 Å². The molecule has 1 fully saturated rings. The summed E-state index contributed by atoms with van der Waals surface area (Å²) in [6, 6.07) is 10.9. The van der Waals surface area contributed by atoms with E-state index < -0.39 is 11.6 Å². The van der Waals surface area contributed by atoms with E-state index in [2.05, 4.69) is 0 Å². The minimum absolute atomic E-state index is 0.291. The molecule has 0 saturated heterocycles. The minimum Gasteiger partial charge on any atom is -0.490 e. The molecule has 0 heterocycles. The van der Waals surface area contributed by atoms with E-state index in [1.165, 1.54) is 18.6 Å². The van der Waals surface area contributed by atoms with Crippen molar-refractivity contribution in [3.05, 3.63) is 54.1 Å². The van der Waals surface area contributed by atoms with Crippen LogP contribution in [0.4, 0.5) is 8.78 Å². The molecular weight excluding hydrogens is 246 g/mol. The molecule has 0 atom stereocenters. The first-order valence-corrected chi connectivity index (χ1v) is 6.44. The van der Waals surface area contributed by atoms with Crippen LogP contribution in [0.25, 0.3) is 11.1 Å². The van der Waals surface area contributed by atoms with Gasteiger partial charge in [-0.3, -0.25) is 0 Å². The van der Waals surface area contributed by atoms with Crippen molar-refractivity contribution in [1.82, 2.24) is 0 Å². The van der Waals surface area contributed by atoms with Crippen LogP contribution in [0.5, 0.6) is 5.75 Å². The van der Waals surface area contributed by atoms with Gasteiger partial charge in [-0.25, -0.2) is 8.78 Å². The molecule has 0 bridgehead atoms. The fourth-order valence-electron chi connectivity index (χ4n) is 2.15. The Kier molecular flexibility index (Phi) is 3.20. The Balaban J connectivity index is 1.88. The van der Waals surface area contributed by atoms with Crippen molar-refractivity contribution in [2.45, 2.75) is 25.4 Å². The number of hydrogen-bond donors (Lipinski definition) is 0. The molecule has 1 nitrogen and oxygen atoms in total. The second-order valence-electron chi connectivity index (χ2n) is 4.86. The normalized spacial score (nSPS) is 15.1. The zero-order valence-corrected chi connectivity index (χ0v) is 10.4. The molecule has 98 valence electrons. The number of ether oxygens (including phenoxy) is 1. The third-order valence-electron chi connectivity index (χ3n) is 3.38. The number of hydrogen-bond acceptors (Lipinski definition) is 1. The van der Waals surface area contributed by atoms with Crippen molar-refractivity contribution in [3.63, 3.8) is 0 Å². The molecule has 0 radical (unpaired) electrons. The van der Waals surface area contributed by atoms with Gasteiger partial charge in [0, 0.05) is 6.07 Å². The lowest BCUT2D eigenvalue weighted by Crippen LogP contribution is -2.24. The monoisotopic (exact) mass is 260 g/mol. The third kappa shape index (κ3) is 2.75. The first kappa shape index (κ1) is 12.2. The van der Waals surface area contributed by atoms with Crippen molar-refractivity contribution in [2.24, 2.45) is 0 Å². The summed E-state index contributed by atoms with van der Waals surface area (Å²) in [4.78, 5) is 0. The van der Waals surface area contributed by atoms with Crippen LogP contribution in [-0.2, 0) is 0 Å². The highest BCUT2D eigenvalue weighted by atomic mass is 19.1. The largest absolute Gasteiger partial charge is 0.490 e. The molecule has 2 aromatic carbocycles. The molecule has 0 aliphatic heterocycles. The Labute approximate surface area is 110 Å². The van der Waals surface area contributed by atoms with Gasteiger partial charge in [-0.05, 0) is 54.7 Å². The Hall–Kier alpha value is -1.90. The molecule has 0 unspecified atom stereocenters. The lowest BCUT2D eigenvalue weighted by atomic mass is 9.96. The lowest BCUT2D eigenvalue weighted by molar-refractivity contribution is 0.120. The molecule has 19 heavy (non-hydrogen) atoms. The second kappa shape index (κ2) is 5.00. The van der Waals surface area contributed by atoms with Crippen molar-refractivity contribution in [3.8, 4) is 16.9 Å². The summed E-state index contributed by atoms with van der Waals surface area (Å²) in [5.74, 6) is -0.382. The van der Waals surface area contributed by atoms with Gasteiger partial charge in [0.25, 0.3) is 0 Å². The zero-order chi connectivity index (χ0) is 13.2. The standard InChI is InChI=1S/C16H14F2O/c17-13-7-12(8-14(18)10-13)11-3-1-6-16(9-11)19-15-4-2-5-15/h1,3,6-10,15H,2,4-5H2. The van der Waals surface area contributed by atoms with Gasteiger partial charge in [-0.15, -0.1) is 0 Å². The smallest absolute Gasteiger partial charge is 0.126 e. The topological polar surface area (TPSA) is 9.23 Å². The van der Waals surface area contributed by atoms with E-state index >= 15 is 0 Å².